The minimum atomic E-state index is 0.486. The predicted octanol–water partition coefficient (Wildman–Crippen LogP) is 4.23. The monoisotopic (exact) mass is 275 g/mol. The third kappa shape index (κ3) is 3.95. The van der Waals surface area contributed by atoms with Gasteiger partial charge in [0.1, 0.15) is 5.82 Å². The quantitative estimate of drug-likeness (QED) is 0.842. The summed E-state index contributed by atoms with van der Waals surface area (Å²) in [5.74, 6) is 1.00. The molecule has 2 rings (SSSR count). The second kappa shape index (κ2) is 7.63. The van der Waals surface area contributed by atoms with Crippen LogP contribution in [0.2, 0.25) is 0 Å². The van der Waals surface area contributed by atoms with Gasteiger partial charge in [0.25, 0.3) is 0 Å². The first kappa shape index (κ1) is 15.3. The van der Waals surface area contributed by atoms with Gasteiger partial charge in [-0.05, 0) is 57.3 Å². The molecule has 0 amide bonds. The summed E-state index contributed by atoms with van der Waals surface area (Å²) in [6.45, 7) is 9.10. The highest BCUT2D eigenvalue weighted by Gasteiger charge is 2.23. The van der Waals surface area contributed by atoms with Crippen LogP contribution in [0.15, 0.2) is 18.3 Å². The Labute approximate surface area is 123 Å². The van der Waals surface area contributed by atoms with Crippen molar-refractivity contribution in [1.82, 2.24) is 9.88 Å². The van der Waals surface area contributed by atoms with Gasteiger partial charge in [-0.15, -0.1) is 0 Å². The number of nitrogens with zero attached hydrogens (tertiary/aromatic N) is 2. The fourth-order valence-corrected chi connectivity index (χ4v) is 2.97. The number of rotatable bonds is 6. The van der Waals surface area contributed by atoms with Crippen molar-refractivity contribution in [2.45, 2.75) is 65.0 Å². The molecule has 20 heavy (non-hydrogen) atoms. The smallest absolute Gasteiger partial charge is 0.126 e. The molecule has 112 valence electrons. The normalized spacial score (nSPS) is 21.6. The van der Waals surface area contributed by atoms with E-state index in [4.69, 9.17) is 0 Å². The van der Waals surface area contributed by atoms with E-state index in [-0.39, 0.29) is 0 Å². The molecule has 0 saturated carbocycles. The lowest BCUT2D eigenvalue weighted by molar-refractivity contribution is 0.149. The highest BCUT2D eigenvalue weighted by atomic mass is 15.2. The maximum absolute atomic E-state index is 4.60. The topological polar surface area (TPSA) is 28.2 Å². The lowest BCUT2D eigenvalue weighted by atomic mass is 9.96. The number of likely N-dealkylation sites (tertiary alicyclic amines) is 1. The van der Waals surface area contributed by atoms with Crippen LogP contribution >= 0.6 is 0 Å². The molecule has 1 saturated heterocycles. The van der Waals surface area contributed by atoms with Crippen LogP contribution < -0.4 is 5.32 Å². The summed E-state index contributed by atoms with van der Waals surface area (Å²) in [6, 6.07) is 5.46. The second-order valence-corrected chi connectivity index (χ2v) is 5.98. The highest BCUT2D eigenvalue weighted by molar-refractivity contribution is 5.37. The Hall–Kier alpha value is -1.09. The lowest BCUT2D eigenvalue weighted by Gasteiger charge is -2.35. The molecule has 1 aliphatic heterocycles. The summed E-state index contributed by atoms with van der Waals surface area (Å²) in [5.41, 5.74) is 1.38. The van der Waals surface area contributed by atoms with Crippen molar-refractivity contribution in [3.8, 4) is 0 Å². The first-order chi connectivity index (χ1) is 9.74. The molecule has 0 aliphatic carbocycles. The van der Waals surface area contributed by atoms with Crippen molar-refractivity contribution in [2.75, 3.05) is 18.4 Å². The van der Waals surface area contributed by atoms with Gasteiger partial charge < -0.3 is 5.32 Å². The van der Waals surface area contributed by atoms with Gasteiger partial charge in [-0.1, -0.05) is 26.3 Å². The van der Waals surface area contributed by atoms with Crippen molar-refractivity contribution in [3.63, 3.8) is 0 Å². The van der Waals surface area contributed by atoms with Gasteiger partial charge in [-0.3, -0.25) is 4.90 Å². The predicted molar refractivity (Wildman–Crippen MR) is 86.1 cm³/mol. The Morgan fingerprint density at radius 2 is 2.20 bits per heavy atom. The van der Waals surface area contributed by atoms with Gasteiger partial charge in [0.15, 0.2) is 0 Å². The van der Waals surface area contributed by atoms with E-state index in [1.807, 2.05) is 0 Å². The summed E-state index contributed by atoms with van der Waals surface area (Å²) in [7, 11) is 0. The summed E-state index contributed by atoms with van der Waals surface area (Å²) >= 11 is 0. The van der Waals surface area contributed by atoms with Crippen molar-refractivity contribution in [1.29, 1.82) is 0 Å². The Balaban J connectivity index is 2.03. The fourth-order valence-electron chi connectivity index (χ4n) is 2.97. The molecule has 1 aromatic heterocycles. The molecule has 1 N–H and O–H groups in total. The summed E-state index contributed by atoms with van der Waals surface area (Å²) in [6.07, 6.45) is 8.40. The average Bonchev–Trinajstić information content (AvgIpc) is 2.49. The average molecular weight is 275 g/mol. The van der Waals surface area contributed by atoms with Gasteiger partial charge >= 0.3 is 0 Å². The van der Waals surface area contributed by atoms with Gasteiger partial charge in [-0.2, -0.15) is 0 Å². The van der Waals surface area contributed by atoms with Crippen LogP contribution in [-0.2, 0) is 0 Å². The van der Waals surface area contributed by atoms with E-state index in [1.165, 1.54) is 44.3 Å². The first-order valence-electron chi connectivity index (χ1n) is 8.21. The molecule has 2 heterocycles. The molecule has 0 unspecified atom stereocenters. The number of hydrogen-bond donors (Lipinski definition) is 1. The fraction of sp³-hybridized carbons (Fsp3) is 0.706. The van der Waals surface area contributed by atoms with Crippen LogP contribution in [0.3, 0.4) is 0 Å². The van der Waals surface area contributed by atoms with Crippen LogP contribution in [0.1, 0.15) is 64.5 Å². The van der Waals surface area contributed by atoms with Gasteiger partial charge in [0.2, 0.25) is 0 Å². The number of hydrogen-bond acceptors (Lipinski definition) is 3. The van der Waals surface area contributed by atoms with Gasteiger partial charge in [-0.25, -0.2) is 4.98 Å². The van der Waals surface area contributed by atoms with Crippen LogP contribution in [0.25, 0.3) is 0 Å². The standard InChI is InChI=1S/C17H29N3/c1-4-11-20-12-7-6-8-16(20)15-9-10-17(18-13-15)19-14(3)5-2/h9-10,13-14,16H,4-8,11-12H2,1-3H3,(H,18,19)/t14-,16-/m1/s1. The molecule has 0 bridgehead atoms. The number of anilines is 1. The van der Waals surface area contributed by atoms with Crippen molar-refractivity contribution >= 4 is 5.82 Å². The molecular weight excluding hydrogens is 246 g/mol. The van der Waals surface area contributed by atoms with E-state index in [2.05, 4.69) is 54.3 Å². The zero-order valence-electron chi connectivity index (χ0n) is 13.2. The summed E-state index contributed by atoms with van der Waals surface area (Å²) in [5, 5.41) is 3.43. The largest absolute Gasteiger partial charge is 0.368 e. The maximum atomic E-state index is 4.60. The SMILES string of the molecule is CCCN1CCCC[C@@H]1c1ccc(N[C@H](C)CC)nc1. The van der Waals surface area contributed by atoms with E-state index >= 15 is 0 Å². The van der Waals surface area contributed by atoms with Gasteiger partial charge in [0.05, 0.1) is 0 Å². The molecular formula is C17H29N3. The molecule has 0 radical (unpaired) electrons. The molecule has 0 spiro atoms. The zero-order chi connectivity index (χ0) is 14.4. The molecule has 1 aromatic rings. The Morgan fingerprint density at radius 3 is 2.85 bits per heavy atom. The van der Waals surface area contributed by atoms with Gasteiger partial charge in [0, 0.05) is 18.3 Å². The third-order valence-electron chi connectivity index (χ3n) is 4.30. The second-order valence-electron chi connectivity index (χ2n) is 5.98. The van der Waals surface area contributed by atoms with E-state index in [9.17, 15) is 0 Å². The molecule has 3 heteroatoms. The van der Waals surface area contributed by atoms with Crippen LogP contribution in [0.4, 0.5) is 5.82 Å². The molecule has 3 nitrogen and oxygen atoms in total. The van der Waals surface area contributed by atoms with E-state index < -0.39 is 0 Å². The number of aromatic nitrogens is 1. The van der Waals surface area contributed by atoms with E-state index in [0.717, 1.165) is 12.2 Å². The number of piperidine rings is 1. The zero-order valence-corrected chi connectivity index (χ0v) is 13.2. The molecule has 1 fully saturated rings. The minimum absolute atomic E-state index is 0.486. The Kier molecular flexibility index (Phi) is 5.84. The van der Waals surface area contributed by atoms with E-state index in [1.54, 1.807) is 0 Å². The first-order valence-corrected chi connectivity index (χ1v) is 8.21. The maximum Gasteiger partial charge on any atom is 0.126 e. The summed E-state index contributed by atoms with van der Waals surface area (Å²) in [4.78, 5) is 7.23. The molecule has 1 aliphatic rings. The van der Waals surface area contributed by atoms with Crippen LogP contribution in [0, 0.1) is 0 Å². The molecule has 0 aromatic carbocycles. The Bertz CT molecular complexity index is 386. The number of pyridine rings is 1. The highest BCUT2D eigenvalue weighted by Crippen LogP contribution is 2.30. The van der Waals surface area contributed by atoms with Crippen LogP contribution in [-0.4, -0.2) is 29.0 Å². The van der Waals surface area contributed by atoms with Crippen molar-refractivity contribution in [2.24, 2.45) is 0 Å². The Morgan fingerprint density at radius 1 is 1.35 bits per heavy atom. The third-order valence-corrected chi connectivity index (χ3v) is 4.30. The van der Waals surface area contributed by atoms with Crippen LogP contribution in [0.5, 0.6) is 0 Å². The molecule has 2 atom stereocenters. The summed E-state index contributed by atoms with van der Waals surface area (Å²) < 4.78 is 0. The lowest BCUT2D eigenvalue weighted by Crippen LogP contribution is -2.34. The van der Waals surface area contributed by atoms with Crippen molar-refractivity contribution < 1.29 is 0 Å². The van der Waals surface area contributed by atoms with Crippen molar-refractivity contribution in [3.05, 3.63) is 23.9 Å². The van der Waals surface area contributed by atoms with E-state index in [0.29, 0.717) is 12.1 Å². The minimum Gasteiger partial charge on any atom is -0.368 e. The number of nitrogens with one attached hydrogen (secondary N) is 1.